The molecule has 1 aromatic heterocycles. The molecule has 1 aliphatic rings. The maximum absolute atomic E-state index is 13.9. The highest BCUT2D eigenvalue weighted by molar-refractivity contribution is 7.07. The minimum atomic E-state index is -0.824. The summed E-state index contributed by atoms with van der Waals surface area (Å²) in [5, 5.41) is 2.09. The van der Waals surface area contributed by atoms with Crippen molar-refractivity contribution in [2.24, 2.45) is 4.99 Å². The van der Waals surface area contributed by atoms with Gasteiger partial charge >= 0.3 is 11.9 Å². The number of esters is 2. The molecular formula is C30H26N2O6S. The van der Waals surface area contributed by atoms with E-state index in [1.807, 2.05) is 48.5 Å². The van der Waals surface area contributed by atoms with Gasteiger partial charge in [-0.3, -0.25) is 14.2 Å². The smallest absolute Gasteiger partial charge is 0.338 e. The summed E-state index contributed by atoms with van der Waals surface area (Å²) in [6, 6.07) is 18.0. The van der Waals surface area contributed by atoms with Gasteiger partial charge in [0.05, 0.1) is 35.6 Å². The molecule has 1 unspecified atom stereocenters. The summed E-state index contributed by atoms with van der Waals surface area (Å²) in [4.78, 5) is 43.8. The van der Waals surface area contributed by atoms with E-state index in [1.165, 1.54) is 29.9 Å². The molecule has 0 spiro atoms. The molecule has 0 saturated carbocycles. The molecule has 0 amide bonds. The molecular weight excluding hydrogens is 516 g/mol. The maximum Gasteiger partial charge on any atom is 0.338 e. The van der Waals surface area contributed by atoms with Crippen molar-refractivity contribution in [1.82, 2.24) is 4.57 Å². The van der Waals surface area contributed by atoms with Crippen LogP contribution in [0.15, 0.2) is 81.7 Å². The van der Waals surface area contributed by atoms with Gasteiger partial charge in [-0.05, 0) is 54.0 Å². The molecule has 4 aromatic rings. The van der Waals surface area contributed by atoms with Crippen LogP contribution in [0.1, 0.15) is 37.9 Å². The number of allylic oxidation sites excluding steroid dienone is 1. The van der Waals surface area contributed by atoms with Crippen LogP contribution in [0.25, 0.3) is 16.8 Å². The van der Waals surface area contributed by atoms with Gasteiger partial charge in [-0.25, -0.2) is 9.79 Å². The highest BCUT2D eigenvalue weighted by atomic mass is 32.1. The normalized spacial score (nSPS) is 15.1. The van der Waals surface area contributed by atoms with Crippen LogP contribution >= 0.6 is 11.3 Å². The molecule has 5 rings (SSSR count). The van der Waals surface area contributed by atoms with Crippen LogP contribution in [0, 0.1) is 0 Å². The number of carbonyl (C=O) groups is 2. The van der Waals surface area contributed by atoms with Gasteiger partial charge in [0.2, 0.25) is 0 Å². The minimum absolute atomic E-state index is 0.169. The molecule has 39 heavy (non-hydrogen) atoms. The Bertz CT molecular complexity index is 1830. The topological polar surface area (TPSA) is 96.2 Å². The zero-order valence-electron chi connectivity index (χ0n) is 21.9. The van der Waals surface area contributed by atoms with Crippen LogP contribution in [0.4, 0.5) is 0 Å². The first-order valence-corrected chi connectivity index (χ1v) is 13.2. The molecule has 0 bridgehead atoms. The first-order valence-electron chi connectivity index (χ1n) is 12.4. The predicted molar refractivity (Wildman–Crippen MR) is 149 cm³/mol. The minimum Gasteiger partial charge on any atom is -0.493 e. The molecule has 0 aliphatic carbocycles. The van der Waals surface area contributed by atoms with E-state index >= 15 is 0 Å². The van der Waals surface area contributed by atoms with Crippen molar-refractivity contribution in [3.05, 3.63) is 103 Å². The zero-order chi connectivity index (χ0) is 27.7. The monoisotopic (exact) mass is 542 g/mol. The van der Waals surface area contributed by atoms with E-state index in [2.05, 4.69) is 4.99 Å². The van der Waals surface area contributed by atoms with Crippen molar-refractivity contribution in [3.8, 4) is 11.5 Å². The average molecular weight is 543 g/mol. The van der Waals surface area contributed by atoms with Crippen LogP contribution in [0.2, 0.25) is 0 Å². The lowest BCUT2D eigenvalue weighted by Crippen LogP contribution is -2.40. The molecule has 9 heteroatoms. The lowest BCUT2D eigenvalue weighted by atomic mass is 9.95. The first kappa shape index (κ1) is 26.1. The van der Waals surface area contributed by atoms with Crippen molar-refractivity contribution in [3.63, 3.8) is 0 Å². The van der Waals surface area contributed by atoms with Gasteiger partial charge in [0.15, 0.2) is 16.3 Å². The van der Waals surface area contributed by atoms with Crippen LogP contribution in [0.3, 0.4) is 0 Å². The molecule has 0 fully saturated rings. The van der Waals surface area contributed by atoms with Crippen LogP contribution in [-0.2, 0) is 14.3 Å². The Morgan fingerprint density at radius 1 is 1.08 bits per heavy atom. The number of aromatic nitrogens is 1. The van der Waals surface area contributed by atoms with Gasteiger partial charge < -0.3 is 14.2 Å². The van der Waals surface area contributed by atoms with Crippen LogP contribution in [0.5, 0.6) is 11.5 Å². The van der Waals surface area contributed by atoms with Crippen LogP contribution < -0.4 is 24.4 Å². The molecule has 0 N–H and O–H groups in total. The highest BCUT2D eigenvalue weighted by Crippen LogP contribution is 2.36. The summed E-state index contributed by atoms with van der Waals surface area (Å²) in [7, 11) is 1.45. The van der Waals surface area contributed by atoms with E-state index in [1.54, 1.807) is 32.0 Å². The first-order chi connectivity index (χ1) is 18.8. The Balaban J connectivity index is 1.74. The summed E-state index contributed by atoms with van der Waals surface area (Å²) in [6.07, 6.45) is 1.86. The number of hydrogen-bond acceptors (Lipinski definition) is 8. The molecule has 2 heterocycles. The Morgan fingerprint density at radius 3 is 2.59 bits per heavy atom. The lowest BCUT2D eigenvalue weighted by Gasteiger charge is -2.25. The van der Waals surface area contributed by atoms with E-state index in [4.69, 9.17) is 14.2 Å². The number of benzene rings is 3. The second-order valence-corrected chi connectivity index (χ2v) is 9.88. The van der Waals surface area contributed by atoms with Crippen molar-refractivity contribution < 1.29 is 23.8 Å². The number of methoxy groups -OCH3 is 1. The Hall–Kier alpha value is -4.50. The Kier molecular flexibility index (Phi) is 7.17. The largest absolute Gasteiger partial charge is 0.493 e. The van der Waals surface area contributed by atoms with E-state index in [0.717, 1.165) is 16.3 Å². The standard InChI is InChI=1S/C30H26N2O6S/c1-5-37-29(35)26-17(2)31-30-32(27(26)21-13-14-23(38-18(3)33)24(15-21)36-4)28(34)25(39-30)16-20-11-8-10-19-9-6-7-12-22(19)20/h6-16,27H,5H2,1-4H3/b25-16+. The van der Waals surface area contributed by atoms with E-state index in [0.29, 0.717) is 26.3 Å². The predicted octanol–water partition coefficient (Wildman–Crippen LogP) is 3.89. The van der Waals surface area contributed by atoms with Crippen molar-refractivity contribution >= 4 is 40.1 Å². The number of rotatable bonds is 6. The number of ether oxygens (including phenoxy) is 3. The molecule has 1 aliphatic heterocycles. The third-order valence-electron chi connectivity index (χ3n) is 6.38. The van der Waals surface area contributed by atoms with Gasteiger partial charge in [0.25, 0.3) is 5.56 Å². The average Bonchev–Trinajstić information content (AvgIpc) is 3.22. The van der Waals surface area contributed by atoms with Gasteiger partial charge in [-0.2, -0.15) is 0 Å². The third-order valence-corrected chi connectivity index (χ3v) is 7.37. The van der Waals surface area contributed by atoms with Crippen molar-refractivity contribution in [2.45, 2.75) is 26.8 Å². The van der Waals surface area contributed by atoms with Gasteiger partial charge in [-0.15, -0.1) is 0 Å². The number of nitrogens with zero attached hydrogens (tertiary/aromatic N) is 2. The summed E-state index contributed by atoms with van der Waals surface area (Å²) >= 11 is 1.26. The fraction of sp³-hybridized carbons (Fsp3) is 0.200. The molecule has 0 saturated heterocycles. The number of carbonyl (C=O) groups excluding carboxylic acids is 2. The molecule has 0 radical (unpaired) electrons. The van der Waals surface area contributed by atoms with Gasteiger partial charge in [0, 0.05) is 6.92 Å². The summed E-state index contributed by atoms with van der Waals surface area (Å²) < 4.78 is 18.1. The SMILES string of the molecule is CCOC(=O)C1=C(C)N=c2s/c(=C/c3cccc4ccccc34)c(=O)n2C1c1ccc(OC(C)=O)c(OC)c1. The van der Waals surface area contributed by atoms with E-state index < -0.39 is 18.0 Å². The maximum atomic E-state index is 13.9. The van der Waals surface area contributed by atoms with Crippen molar-refractivity contribution in [2.75, 3.05) is 13.7 Å². The fourth-order valence-electron chi connectivity index (χ4n) is 4.72. The number of thiazole rings is 1. The summed E-state index contributed by atoms with van der Waals surface area (Å²) in [6.45, 7) is 4.92. The van der Waals surface area contributed by atoms with Gasteiger partial charge in [-0.1, -0.05) is 59.9 Å². The summed E-state index contributed by atoms with van der Waals surface area (Å²) in [5.74, 6) is -0.533. The summed E-state index contributed by atoms with van der Waals surface area (Å²) in [5.41, 5.74) is 1.92. The van der Waals surface area contributed by atoms with Crippen LogP contribution in [-0.4, -0.2) is 30.2 Å². The van der Waals surface area contributed by atoms with E-state index in [9.17, 15) is 14.4 Å². The quantitative estimate of drug-likeness (QED) is 0.271. The second kappa shape index (κ2) is 10.7. The second-order valence-electron chi connectivity index (χ2n) is 8.87. The molecule has 3 aromatic carbocycles. The Morgan fingerprint density at radius 2 is 1.85 bits per heavy atom. The number of hydrogen-bond donors (Lipinski definition) is 0. The zero-order valence-corrected chi connectivity index (χ0v) is 22.7. The fourth-order valence-corrected chi connectivity index (χ4v) is 5.76. The molecule has 1 atom stereocenters. The van der Waals surface area contributed by atoms with E-state index in [-0.39, 0.29) is 23.5 Å². The third kappa shape index (κ3) is 4.88. The molecule has 198 valence electrons. The number of fused-ring (bicyclic) bond motifs is 2. The van der Waals surface area contributed by atoms with Crippen molar-refractivity contribution in [1.29, 1.82) is 0 Å². The molecule has 8 nitrogen and oxygen atoms in total. The van der Waals surface area contributed by atoms with Gasteiger partial charge in [0.1, 0.15) is 0 Å². The Labute approximate surface area is 228 Å². The highest BCUT2D eigenvalue weighted by Gasteiger charge is 2.34. The lowest BCUT2D eigenvalue weighted by molar-refractivity contribution is -0.139.